The Labute approximate surface area is 106 Å². The standard InChI is InChI=1S/C15H29NO/c1-13(14-8-4-2-3-5-9-14)16-12-15(17)10-6-7-11-15/h13-14,16-17H,2-12H2,1H3/t13-/m0/s1. The van der Waals surface area contributed by atoms with Gasteiger partial charge >= 0.3 is 0 Å². The van der Waals surface area contributed by atoms with Crippen LogP contribution in [0.3, 0.4) is 0 Å². The summed E-state index contributed by atoms with van der Waals surface area (Å²) in [4.78, 5) is 0. The molecule has 2 heteroatoms. The maximum absolute atomic E-state index is 10.3. The lowest BCUT2D eigenvalue weighted by Crippen LogP contribution is -2.44. The van der Waals surface area contributed by atoms with Crippen LogP contribution in [0.25, 0.3) is 0 Å². The summed E-state index contributed by atoms with van der Waals surface area (Å²) in [5.74, 6) is 0.836. The molecular formula is C15H29NO. The lowest BCUT2D eigenvalue weighted by molar-refractivity contribution is 0.0429. The van der Waals surface area contributed by atoms with E-state index in [0.717, 1.165) is 25.3 Å². The lowest BCUT2D eigenvalue weighted by Gasteiger charge is -2.29. The second-order valence-electron chi connectivity index (χ2n) is 6.35. The van der Waals surface area contributed by atoms with E-state index in [1.54, 1.807) is 0 Å². The number of hydrogen-bond donors (Lipinski definition) is 2. The van der Waals surface area contributed by atoms with E-state index in [4.69, 9.17) is 0 Å². The molecule has 100 valence electrons. The fourth-order valence-corrected chi connectivity index (χ4v) is 3.54. The van der Waals surface area contributed by atoms with Gasteiger partial charge in [0.25, 0.3) is 0 Å². The third-order valence-corrected chi connectivity index (χ3v) is 4.89. The molecule has 0 amide bonds. The van der Waals surface area contributed by atoms with Crippen LogP contribution < -0.4 is 5.32 Å². The highest BCUT2D eigenvalue weighted by atomic mass is 16.3. The minimum atomic E-state index is -0.390. The fourth-order valence-electron chi connectivity index (χ4n) is 3.54. The molecule has 2 aliphatic carbocycles. The van der Waals surface area contributed by atoms with Crippen LogP contribution >= 0.6 is 0 Å². The van der Waals surface area contributed by atoms with Crippen LogP contribution in [0.5, 0.6) is 0 Å². The molecule has 2 nitrogen and oxygen atoms in total. The molecule has 2 aliphatic rings. The molecule has 0 unspecified atom stereocenters. The summed E-state index contributed by atoms with van der Waals surface area (Å²) in [7, 11) is 0. The van der Waals surface area contributed by atoms with Gasteiger partial charge in [0, 0.05) is 12.6 Å². The summed E-state index contributed by atoms with van der Waals surface area (Å²) >= 11 is 0. The van der Waals surface area contributed by atoms with E-state index in [-0.39, 0.29) is 5.60 Å². The van der Waals surface area contributed by atoms with Crippen molar-refractivity contribution in [3.63, 3.8) is 0 Å². The van der Waals surface area contributed by atoms with Gasteiger partial charge in [0.15, 0.2) is 0 Å². The quantitative estimate of drug-likeness (QED) is 0.738. The Morgan fingerprint density at radius 2 is 1.65 bits per heavy atom. The second kappa shape index (κ2) is 6.19. The first-order chi connectivity index (χ1) is 8.20. The first kappa shape index (κ1) is 13.4. The van der Waals surface area contributed by atoms with Gasteiger partial charge in [0.1, 0.15) is 0 Å². The normalized spacial score (nSPS) is 27.9. The molecule has 2 fully saturated rings. The highest BCUT2D eigenvalue weighted by Crippen LogP contribution is 2.30. The zero-order valence-electron chi connectivity index (χ0n) is 11.4. The maximum atomic E-state index is 10.3. The number of aliphatic hydroxyl groups is 1. The molecule has 2 saturated carbocycles. The molecule has 0 aromatic heterocycles. The monoisotopic (exact) mass is 239 g/mol. The zero-order chi connectivity index (χ0) is 12.1. The molecule has 0 saturated heterocycles. The maximum Gasteiger partial charge on any atom is 0.0771 e. The van der Waals surface area contributed by atoms with E-state index in [1.807, 2.05) is 0 Å². The van der Waals surface area contributed by atoms with E-state index in [9.17, 15) is 5.11 Å². The number of nitrogens with one attached hydrogen (secondary N) is 1. The predicted molar refractivity (Wildman–Crippen MR) is 72.1 cm³/mol. The van der Waals surface area contributed by atoms with Gasteiger partial charge in [-0.2, -0.15) is 0 Å². The molecule has 0 aromatic carbocycles. The van der Waals surface area contributed by atoms with Crippen molar-refractivity contribution in [2.75, 3.05) is 6.54 Å². The smallest absolute Gasteiger partial charge is 0.0771 e. The van der Waals surface area contributed by atoms with Gasteiger partial charge < -0.3 is 10.4 Å². The Balaban J connectivity index is 1.73. The molecule has 0 spiro atoms. The van der Waals surface area contributed by atoms with E-state index < -0.39 is 0 Å². The minimum absolute atomic E-state index is 0.390. The molecule has 2 rings (SSSR count). The van der Waals surface area contributed by atoms with Crippen molar-refractivity contribution >= 4 is 0 Å². The largest absolute Gasteiger partial charge is 0.389 e. The highest BCUT2D eigenvalue weighted by molar-refractivity contribution is 4.88. The number of rotatable bonds is 4. The third-order valence-electron chi connectivity index (χ3n) is 4.89. The molecule has 0 radical (unpaired) electrons. The van der Waals surface area contributed by atoms with Crippen LogP contribution in [0.2, 0.25) is 0 Å². The molecule has 0 heterocycles. The second-order valence-corrected chi connectivity index (χ2v) is 6.35. The topological polar surface area (TPSA) is 32.3 Å². The van der Waals surface area contributed by atoms with Crippen LogP contribution in [0, 0.1) is 5.92 Å². The Bertz CT molecular complexity index is 215. The van der Waals surface area contributed by atoms with Crippen molar-refractivity contribution in [2.45, 2.75) is 82.8 Å². The van der Waals surface area contributed by atoms with Crippen LogP contribution in [0.1, 0.15) is 71.1 Å². The van der Waals surface area contributed by atoms with Crippen molar-refractivity contribution in [1.29, 1.82) is 0 Å². The van der Waals surface area contributed by atoms with Crippen LogP contribution in [0.4, 0.5) is 0 Å². The average molecular weight is 239 g/mol. The first-order valence-electron chi connectivity index (χ1n) is 7.65. The fraction of sp³-hybridized carbons (Fsp3) is 1.00. The SMILES string of the molecule is C[C@H](NCC1(O)CCCC1)C1CCCCCC1. The van der Waals surface area contributed by atoms with Gasteiger partial charge in [-0.05, 0) is 38.5 Å². The van der Waals surface area contributed by atoms with Crippen molar-refractivity contribution in [2.24, 2.45) is 5.92 Å². The van der Waals surface area contributed by atoms with E-state index in [0.29, 0.717) is 6.04 Å². The molecule has 0 bridgehead atoms. The summed E-state index contributed by atoms with van der Waals surface area (Å²) in [6.07, 6.45) is 12.8. The van der Waals surface area contributed by atoms with Gasteiger partial charge in [-0.1, -0.05) is 38.5 Å². The van der Waals surface area contributed by atoms with E-state index in [1.165, 1.54) is 51.4 Å². The molecule has 0 aliphatic heterocycles. The summed E-state index contributed by atoms with van der Waals surface area (Å²) in [6, 6.07) is 0.581. The highest BCUT2D eigenvalue weighted by Gasteiger charge is 2.31. The summed E-state index contributed by atoms with van der Waals surface area (Å²) < 4.78 is 0. The zero-order valence-corrected chi connectivity index (χ0v) is 11.4. The average Bonchev–Trinajstić information content (AvgIpc) is 2.60. The van der Waals surface area contributed by atoms with Gasteiger partial charge in [-0.15, -0.1) is 0 Å². The molecule has 2 N–H and O–H groups in total. The van der Waals surface area contributed by atoms with Gasteiger partial charge in [0.2, 0.25) is 0 Å². The summed E-state index contributed by atoms with van der Waals surface area (Å²) in [5, 5.41) is 13.9. The Hall–Kier alpha value is -0.0800. The van der Waals surface area contributed by atoms with Crippen molar-refractivity contribution < 1.29 is 5.11 Å². The first-order valence-corrected chi connectivity index (χ1v) is 7.65. The van der Waals surface area contributed by atoms with Gasteiger partial charge in [0.05, 0.1) is 5.60 Å². The Morgan fingerprint density at radius 3 is 2.24 bits per heavy atom. The molecule has 0 aromatic rings. The minimum Gasteiger partial charge on any atom is -0.389 e. The number of hydrogen-bond acceptors (Lipinski definition) is 2. The molecule has 17 heavy (non-hydrogen) atoms. The summed E-state index contributed by atoms with van der Waals surface area (Å²) in [6.45, 7) is 3.12. The Morgan fingerprint density at radius 1 is 1.06 bits per heavy atom. The lowest BCUT2D eigenvalue weighted by atomic mass is 9.92. The molecule has 1 atom stereocenters. The van der Waals surface area contributed by atoms with Crippen LogP contribution in [-0.2, 0) is 0 Å². The predicted octanol–water partition coefficient (Wildman–Crippen LogP) is 3.24. The third kappa shape index (κ3) is 3.96. The van der Waals surface area contributed by atoms with Gasteiger partial charge in [-0.3, -0.25) is 0 Å². The molecular weight excluding hydrogens is 210 g/mol. The van der Waals surface area contributed by atoms with Gasteiger partial charge in [-0.25, -0.2) is 0 Å². The van der Waals surface area contributed by atoms with Crippen molar-refractivity contribution in [3.8, 4) is 0 Å². The summed E-state index contributed by atoms with van der Waals surface area (Å²) in [5.41, 5.74) is -0.390. The van der Waals surface area contributed by atoms with Crippen molar-refractivity contribution in [3.05, 3.63) is 0 Å². The van der Waals surface area contributed by atoms with Crippen molar-refractivity contribution in [1.82, 2.24) is 5.32 Å². The van der Waals surface area contributed by atoms with Crippen LogP contribution in [-0.4, -0.2) is 23.3 Å². The van der Waals surface area contributed by atoms with E-state index >= 15 is 0 Å². The Kier molecular flexibility index (Phi) is 4.87. The van der Waals surface area contributed by atoms with Crippen LogP contribution in [0.15, 0.2) is 0 Å². The van der Waals surface area contributed by atoms with E-state index in [2.05, 4.69) is 12.2 Å².